The molecule has 2 fully saturated rings. The summed E-state index contributed by atoms with van der Waals surface area (Å²) in [7, 11) is 6.15. The predicted octanol–water partition coefficient (Wildman–Crippen LogP) is 1.89. The highest BCUT2D eigenvalue weighted by Crippen LogP contribution is 2.47. The Kier molecular flexibility index (Phi) is 7.66. The first-order valence-electron chi connectivity index (χ1n) is 9.12. The van der Waals surface area contributed by atoms with Crippen molar-refractivity contribution in [3.05, 3.63) is 35.6 Å². The Bertz CT molecular complexity index is 620. The Hall–Kier alpha value is -0.930. The number of likely N-dealkylation sites (N-methyl/N-ethyl adjacent to an activating group) is 2. The van der Waals surface area contributed by atoms with Crippen molar-refractivity contribution in [3.63, 3.8) is 0 Å². The van der Waals surface area contributed by atoms with Gasteiger partial charge >= 0.3 is 0 Å². The zero-order valence-corrected chi connectivity index (χ0v) is 18.3. The maximum Gasteiger partial charge on any atom is 0.191 e. The molecule has 7 heteroatoms. The molecule has 1 heterocycles. The highest BCUT2D eigenvalue weighted by molar-refractivity contribution is 14.0. The zero-order valence-electron chi connectivity index (χ0n) is 16.0. The molecular weight excluding hydrogens is 444 g/mol. The first-order chi connectivity index (χ1) is 12.0. The van der Waals surface area contributed by atoms with E-state index in [2.05, 4.69) is 39.5 Å². The van der Waals surface area contributed by atoms with E-state index in [1.807, 2.05) is 6.07 Å². The van der Waals surface area contributed by atoms with E-state index in [1.165, 1.54) is 6.07 Å². The van der Waals surface area contributed by atoms with Crippen LogP contribution >= 0.6 is 24.0 Å². The lowest BCUT2D eigenvalue weighted by Gasteiger charge is -2.38. The molecule has 1 atom stereocenters. The summed E-state index contributed by atoms with van der Waals surface area (Å²) < 4.78 is 13.5. The van der Waals surface area contributed by atoms with Gasteiger partial charge in [-0.15, -0.1) is 24.0 Å². The van der Waals surface area contributed by atoms with Gasteiger partial charge in [0.15, 0.2) is 5.96 Å². The first kappa shape index (κ1) is 21.4. The molecule has 3 rings (SSSR count). The van der Waals surface area contributed by atoms with Crippen molar-refractivity contribution in [2.75, 3.05) is 53.9 Å². The molecule has 1 saturated carbocycles. The van der Waals surface area contributed by atoms with Crippen LogP contribution in [0.2, 0.25) is 0 Å². The highest BCUT2D eigenvalue weighted by atomic mass is 127. The van der Waals surface area contributed by atoms with Crippen LogP contribution in [0.5, 0.6) is 0 Å². The SMILES string of the molecule is CN=C(NCC1CN(C)CCN1C)NCC1(c2cccc(F)c2)CC1.I. The lowest BCUT2D eigenvalue weighted by atomic mass is 9.96. The molecule has 0 spiro atoms. The average molecular weight is 475 g/mol. The number of guanidine groups is 1. The molecule has 0 bridgehead atoms. The summed E-state index contributed by atoms with van der Waals surface area (Å²) in [5.41, 5.74) is 1.14. The Morgan fingerprint density at radius 2 is 2.04 bits per heavy atom. The normalized spacial score (nSPS) is 23.2. The van der Waals surface area contributed by atoms with Crippen LogP contribution in [0, 0.1) is 5.82 Å². The smallest absolute Gasteiger partial charge is 0.191 e. The summed E-state index contributed by atoms with van der Waals surface area (Å²) in [6.07, 6.45) is 2.19. The molecular formula is C19H31FIN5. The third kappa shape index (κ3) is 5.29. The molecule has 1 aromatic rings. The second-order valence-corrected chi connectivity index (χ2v) is 7.49. The molecule has 0 radical (unpaired) electrons. The van der Waals surface area contributed by atoms with E-state index >= 15 is 0 Å². The summed E-state index contributed by atoms with van der Waals surface area (Å²) in [6.45, 7) is 4.94. The molecule has 2 aliphatic rings. The number of halogens is 2. The fraction of sp³-hybridized carbons (Fsp3) is 0.632. The van der Waals surface area contributed by atoms with Crippen LogP contribution < -0.4 is 10.6 Å². The van der Waals surface area contributed by atoms with Crippen LogP contribution in [0.25, 0.3) is 0 Å². The molecule has 1 saturated heterocycles. The van der Waals surface area contributed by atoms with Crippen molar-refractivity contribution < 1.29 is 4.39 Å². The van der Waals surface area contributed by atoms with Gasteiger partial charge in [-0.05, 0) is 44.6 Å². The van der Waals surface area contributed by atoms with Crippen LogP contribution in [0.1, 0.15) is 18.4 Å². The Labute approximate surface area is 173 Å². The van der Waals surface area contributed by atoms with E-state index in [0.717, 1.165) is 57.1 Å². The van der Waals surface area contributed by atoms with Crippen molar-refractivity contribution in [1.82, 2.24) is 20.4 Å². The number of piperazine rings is 1. The van der Waals surface area contributed by atoms with Crippen LogP contribution in [0.3, 0.4) is 0 Å². The lowest BCUT2D eigenvalue weighted by Crippen LogP contribution is -2.55. The number of nitrogens with zero attached hydrogens (tertiary/aromatic N) is 3. The molecule has 1 unspecified atom stereocenters. The van der Waals surface area contributed by atoms with Gasteiger partial charge in [0.1, 0.15) is 5.82 Å². The second kappa shape index (κ2) is 9.32. The number of hydrogen-bond donors (Lipinski definition) is 2. The fourth-order valence-corrected chi connectivity index (χ4v) is 3.55. The van der Waals surface area contributed by atoms with Crippen LogP contribution in [0.15, 0.2) is 29.3 Å². The number of nitrogens with one attached hydrogen (secondary N) is 2. The van der Waals surface area contributed by atoms with Gasteiger partial charge in [0, 0.05) is 51.2 Å². The monoisotopic (exact) mass is 475 g/mol. The average Bonchev–Trinajstić information content (AvgIpc) is 3.39. The molecule has 1 aromatic carbocycles. The van der Waals surface area contributed by atoms with Crippen LogP contribution in [-0.4, -0.2) is 75.7 Å². The van der Waals surface area contributed by atoms with Gasteiger partial charge in [0.2, 0.25) is 0 Å². The van der Waals surface area contributed by atoms with E-state index in [1.54, 1.807) is 19.2 Å². The molecule has 0 aromatic heterocycles. The molecule has 1 aliphatic carbocycles. The van der Waals surface area contributed by atoms with Gasteiger partial charge in [-0.3, -0.25) is 9.89 Å². The van der Waals surface area contributed by atoms with Crippen LogP contribution in [-0.2, 0) is 5.41 Å². The van der Waals surface area contributed by atoms with E-state index in [0.29, 0.717) is 6.04 Å². The quantitative estimate of drug-likeness (QED) is 0.388. The number of hydrogen-bond acceptors (Lipinski definition) is 3. The standard InChI is InChI=1S/C19H30FN5.HI/c1-21-18(22-12-17-13-24(2)9-10-25(17)3)23-14-19(7-8-19)15-5-4-6-16(20)11-15;/h4-6,11,17H,7-10,12-14H2,1-3H3,(H2,21,22,23);1H. The van der Waals surface area contributed by atoms with Crippen LogP contribution in [0.4, 0.5) is 4.39 Å². The number of benzene rings is 1. The van der Waals surface area contributed by atoms with Gasteiger partial charge in [0.25, 0.3) is 0 Å². The summed E-state index contributed by atoms with van der Waals surface area (Å²) >= 11 is 0. The van der Waals surface area contributed by atoms with E-state index in [-0.39, 0.29) is 35.2 Å². The minimum atomic E-state index is -0.157. The maximum atomic E-state index is 13.5. The highest BCUT2D eigenvalue weighted by Gasteiger charge is 2.44. The molecule has 2 N–H and O–H groups in total. The summed E-state index contributed by atoms with van der Waals surface area (Å²) in [6, 6.07) is 7.48. The number of rotatable bonds is 5. The van der Waals surface area contributed by atoms with E-state index in [4.69, 9.17) is 0 Å². The topological polar surface area (TPSA) is 42.9 Å². The largest absolute Gasteiger partial charge is 0.356 e. The summed E-state index contributed by atoms with van der Waals surface area (Å²) in [4.78, 5) is 9.11. The fourth-order valence-electron chi connectivity index (χ4n) is 3.55. The lowest BCUT2D eigenvalue weighted by molar-refractivity contribution is 0.116. The van der Waals surface area contributed by atoms with Crippen molar-refractivity contribution in [3.8, 4) is 0 Å². The van der Waals surface area contributed by atoms with E-state index in [9.17, 15) is 4.39 Å². The van der Waals surface area contributed by atoms with Gasteiger partial charge in [-0.25, -0.2) is 4.39 Å². The van der Waals surface area contributed by atoms with Gasteiger partial charge in [-0.1, -0.05) is 12.1 Å². The Balaban J connectivity index is 0.00000243. The van der Waals surface area contributed by atoms with Gasteiger partial charge in [-0.2, -0.15) is 0 Å². The van der Waals surface area contributed by atoms with E-state index < -0.39 is 0 Å². The second-order valence-electron chi connectivity index (χ2n) is 7.49. The molecule has 26 heavy (non-hydrogen) atoms. The molecule has 1 aliphatic heterocycles. The Morgan fingerprint density at radius 1 is 1.27 bits per heavy atom. The molecule has 146 valence electrons. The van der Waals surface area contributed by atoms with Crippen molar-refractivity contribution in [2.45, 2.75) is 24.3 Å². The van der Waals surface area contributed by atoms with Gasteiger partial charge in [0.05, 0.1) is 0 Å². The minimum absolute atomic E-state index is 0. The van der Waals surface area contributed by atoms with Crippen molar-refractivity contribution in [2.24, 2.45) is 4.99 Å². The zero-order chi connectivity index (χ0) is 17.9. The maximum absolute atomic E-state index is 13.5. The van der Waals surface area contributed by atoms with Gasteiger partial charge < -0.3 is 15.5 Å². The molecule has 0 amide bonds. The third-order valence-electron chi connectivity index (χ3n) is 5.59. The number of aliphatic imine (C=N–C) groups is 1. The molecule has 5 nitrogen and oxygen atoms in total. The Morgan fingerprint density at radius 3 is 2.69 bits per heavy atom. The summed E-state index contributed by atoms with van der Waals surface area (Å²) in [5.74, 6) is 0.667. The predicted molar refractivity (Wildman–Crippen MR) is 116 cm³/mol. The van der Waals surface area contributed by atoms with Crippen molar-refractivity contribution >= 4 is 29.9 Å². The first-order valence-corrected chi connectivity index (χ1v) is 9.12. The third-order valence-corrected chi connectivity index (χ3v) is 5.59. The minimum Gasteiger partial charge on any atom is -0.356 e. The van der Waals surface area contributed by atoms with Crippen molar-refractivity contribution in [1.29, 1.82) is 0 Å². The summed E-state index contributed by atoms with van der Waals surface area (Å²) in [5, 5.41) is 6.89.